The highest BCUT2D eigenvalue weighted by Gasteiger charge is 2.45. The number of hydrogen-bond donors (Lipinski definition) is 6. The minimum absolute atomic E-state index is 0.0540. The molecule has 3 fully saturated rings. The van der Waals surface area contributed by atoms with E-state index in [1.807, 2.05) is 36.1 Å². The van der Waals surface area contributed by atoms with Crippen molar-refractivity contribution in [2.75, 3.05) is 39.0 Å². The number of rotatable bonds is 25. The predicted molar refractivity (Wildman–Crippen MR) is 211 cm³/mol. The number of aliphatic hydroxyl groups is 2. The van der Waals surface area contributed by atoms with Gasteiger partial charge < -0.3 is 40.9 Å². The monoisotopic (exact) mass is 786 g/mol. The van der Waals surface area contributed by atoms with Gasteiger partial charge in [0, 0.05) is 49.7 Å². The SMILES string of the molecule is CN(CCCC(=O)O)C[C@H]1O[C@@H](n2cnc3c(/N=C/CCCCC/C=N\CCCCCNC(=O)CCCC[C@H]4SC[C@H]5NC(=O)N[C@H]54)ncnc32)[C@H](O)[C@@H]1O. The Labute approximate surface area is 326 Å². The Bertz CT molecular complexity index is 1590. The Morgan fingerprint density at radius 2 is 1.84 bits per heavy atom. The van der Waals surface area contributed by atoms with Crippen LogP contribution >= 0.6 is 11.8 Å². The van der Waals surface area contributed by atoms with Gasteiger partial charge in [0.2, 0.25) is 5.91 Å². The van der Waals surface area contributed by atoms with Crippen molar-refractivity contribution in [1.82, 2.24) is 40.4 Å². The van der Waals surface area contributed by atoms with Crippen LogP contribution in [0.15, 0.2) is 22.6 Å². The molecule has 0 aliphatic carbocycles. The van der Waals surface area contributed by atoms with E-state index < -0.39 is 30.5 Å². The van der Waals surface area contributed by atoms with Crippen LogP contribution in [-0.4, -0.2) is 145 Å². The van der Waals surface area contributed by atoms with Crippen molar-refractivity contribution in [1.29, 1.82) is 0 Å². The van der Waals surface area contributed by atoms with Gasteiger partial charge in [-0.25, -0.2) is 24.7 Å². The van der Waals surface area contributed by atoms with E-state index in [0.29, 0.717) is 54.7 Å². The molecular weight excluding hydrogens is 729 g/mol. The van der Waals surface area contributed by atoms with Crippen molar-refractivity contribution in [3.63, 3.8) is 0 Å². The number of ether oxygens (including phenoxy) is 1. The number of thioether (sulfide) groups is 1. The van der Waals surface area contributed by atoms with Gasteiger partial charge in [0.1, 0.15) is 24.6 Å². The summed E-state index contributed by atoms with van der Waals surface area (Å²) in [5.41, 5.74) is 0.911. The van der Waals surface area contributed by atoms with Gasteiger partial charge in [-0.05, 0) is 84.0 Å². The second-order valence-corrected chi connectivity index (χ2v) is 15.9. The van der Waals surface area contributed by atoms with Crippen LogP contribution in [0.25, 0.3) is 11.2 Å². The van der Waals surface area contributed by atoms with Gasteiger partial charge in [-0.3, -0.25) is 19.1 Å². The number of carboxylic acids is 1. The molecule has 5 heterocycles. The van der Waals surface area contributed by atoms with E-state index in [4.69, 9.17) is 9.84 Å². The third-order valence-corrected chi connectivity index (χ3v) is 11.8. The summed E-state index contributed by atoms with van der Waals surface area (Å²) < 4.78 is 7.62. The van der Waals surface area contributed by atoms with E-state index >= 15 is 0 Å². The van der Waals surface area contributed by atoms with Crippen molar-refractivity contribution in [3.8, 4) is 0 Å². The summed E-state index contributed by atoms with van der Waals surface area (Å²) in [4.78, 5) is 58.5. The van der Waals surface area contributed by atoms with Gasteiger partial charge in [0.15, 0.2) is 23.2 Å². The number of carbonyl (C=O) groups excluding carboxylic acids is 2. The molecule has 17 nitrogen and oxygen atoms in total. The van der Waals surface area contributed by atoms with E-state index in [1.165, 1.54) is 12.7 Å². The maximum absolute atomic E-state index is 12.2. The normalized spacial score (nSPS) is 25.0. The smallest absolute Gasteiger partial charge is 0.315 e. The van der Waals surface area contributed by atoms with E-state index in [2.05, 4.69) is 40.9 Å². The van der Waals surface area contributed by atoms with Crippen LogP contribution in [0.5, 0.6) is 0 Å². The molecule has 18 heteroatoms. The zero-order chi connectivity index (χ0) is 39.0. The number of imidazole rings is 1. The van der Waals surface area contributed by atoms with Crippen molar-refractivity contribution in [2.45, 2.75) is 132 Å². The van der Waals surface area contributed by atoms with Gasteiger partial charge in [-0.1, -0.05) is 12.8 Å². The third-order valence-electron chi connectivity index (χ3n) is 10.2. The number of aliphatic hydroxyl groups excluding tert-OH is 2. The lowest BCUT2D eigenvalue weighted by Gasteiger charge is -2.22. The van der Waals surface area contributed by atoms with Crippen LogP contribution in [-0.2, 0) is 14.3 Å². The minimum Gasteiger partial charge on any atom is -0.481 e. The number of aromatic nitrogens is 4. The van der Waals surface area contributed by atoms with E-state index in [0.717, 1.165) is 82.9 Å². The number of aliphatic imine (C=N–C) groups is 2. The van der Waals surface area contributed by atoms with Crippen molar-refractivity contribution < 1.29 is 34.4 Å². The van der Waals surface area contributed by atoms with Gasteiger partial charge in [0.25, 0.3) is 0 Å². The number of likely N-dealkylation sites (N-methyl/N-ethyl adjacent to an activating group) is 1. The summed E-state index contributed by atoms with van der Waals surface area (Å²) in [5, 5.41) is 39.8. The summed E-state index contributed by atoms with van der Waals surface area (Å²) in [6.45, 7) is 2.37. The van der Waals surface area contributed by atoms with Gasteiger partial charge >= 0.3 is 12.0 Å². The molecule has 0 radical (unpaired) electrons. The maximum Gasteiger partial charge on any atom is 0.315 e. The Hall–Kier alpha value is -3.71. The van der Waals surface area contributed by atoms with E-state index in [1.54, 1.807) is 4.57 Å². The molecule has 0 spiro atoms. The molecule has 0 unspecified atom stereocenters. The van der Waals surface area contributed by atoms with Crippen LogP contribution < -0.4 is 16.0 Å². The molecule has 3 aliphatic rings. The van der Waals surface area contributed by atoms with Gasteiger partial charge in [0.05, 0.1) is 18.4 Å². The van der Waals surface area contributed by atoms with Gasteiger partial charge in [-0.15, -0.1) is 0 Å². The summed E-state index contributed by atoms with van der Waals surface area (Å²) in [7, 11) is 1.82. The third kappa shape index (κ3) is 12.9. The highest BCUT2D eigenvalue weighted by Crippen LogP contribution is 2.34. The van der Waals surface area contributed by atoms with Crippen molar-refractivity contribution >= 4 is 59.1 Å². The average Bonchev–Trinajstić information content (AvgIpc) is 3.92. The zero-order valence-electron chi connectivity index (χ0n) is 31.8. The molecule has 5 rings (SSSR count). The number of hydrogen-bond acceptors (Lipinski definition) is 13. The second-order valence-electron chi connectivity index (χ2n) is 14.6. The second kappa shape index (κ2) is 22.1. The number of nitrogens with zero attached hydrogens (tertiary/aromatic N) is 7. The lowest BCUT2D eigenvalue weighted by Crippen LogP contribution is -2.38. The minimum atomic E-state index is -1.20. The molecule has 55 heavy (non-hydrogen) atoms. The number of aliphatic carboxylic acids is 1. The summed E-state index contributed by atoms with van der Waals surface area (Å²) in [6.07, 6.45) is 14.7. The fourth-order valence-electron chi connectivity index (χ4n) is 7.21. The largest absolute Gasteiger partial charge is 0.481 e. The molecule has 304 valence electrons. The van der Waals surface area contributed by atoms with Gasteiger partial charge in [-0.2, -0.15) is 11.8 Å². The molecule has 0 bridgehead atoms. The number of fused-ring (bicyclic) bond motifs is 2. The number of carboxylic acid groups (broad SMARTS) is 1. The van der Waals surface area contributed by atoms with Crippen LogP contribution in [0.4, 0.5) is 10.6 Å². The number of nitrogens with one attached hydrogen (secondary N) is 3. The number of unbranched alkanes of at least 4 members (excludes halogenated alkanes) is 7. The standard InChI is InChI=1S/C37H58N10O7S/c1-46(20-12-15-29(49)50)21-26-32(51)33(52)36(54-26)47-24-43-31-34(41-23-42-35(31)47)40-19-10-4-2-3-8-16-38-17-9-5-11-18-39-28(48)14-7-6-13-27-30-25(22-55-27)44-37(53)45-30/h16,19,23-27,30,32-33,36,51-52H,2-15,17-18,20-22H2,1H3,(H,39,48)(H,49,50)(H2,44,45,53)/b38-16-,40-19+/t25-,26-,27-,30-,32-,33-,36-/m1/s1. The Morgan fingerprint density at radius 3 is 2.67 bits per heavy atom. The number of carbonyl (C=O) groups is 3. The highest BCUT2D eigenvalue weighted by atomic mass is 32.2. The van der Waals surface area contributed by atoms with E-state index in [-0.39, 0.29) is 30.4 Å². The Kier molecular flexibility index (Phi) is 17.1. The Balaban J connectivity index is 0.875. The summed E-state index contributed by atoms with van der Waals surface area (Å²) >= 11 is 1.91. The highest BCUT2D eigenvalue weighted by molar-refractivity contribution is 8.00. The molecule has 7 atom stereocenters. The molecular formula is C37H58N10O7S. The first-order valence-electron chi connectivity index (χ1n) is 19.8. The molecule has 3 saturated heterocycles. The van der Waals surface area contributed by atoms with Crippen LogP contribution in [0, 0.1) is 0 Å². The number of urea groups is 1. The summed E-state index contributed by atoms with van der Waals surface area (Å²) in [5.74, 6) is 0.656. The Morgan fingerprint density at radius 1 is 1.02 bits per heavy atom. The quantitative estimate of drug-likeness (QED) is 0.0485. The predicted octanol–water partition coefficient (Wildman–Crippen LogP) is 2.98. The fourth-order valence-corrected chi connectivity index (χ4v) is 8.75. The van der Waals surface area contributed by atoms with E-state index in [9.17, 15) is 24.6 Å². The molecule has 0 saturated carbocycles. The molecule has 2 aromatic rings. The molecule has 0 aromatic carbocycles. The first-order valence-corrected chi connectivity index (χ1v) is 20.8. The fraction of sp³-hybridized carbons (Fsp3) is 0.730. The van der Waals surface area contributed by atoms with Crippen LogP contribution in [0.2, 0.25) is 0 Å². The first-order chi connectivity index (χ1) is 26.7. The van der Waals surface area contributed by atoms with Crippen molar-refractivity contribution in [2.24, 2.45) is 9.98 Å². The zero-order valence-corrected chi connectivity index (χ0v) is 32.6. The number of amides is 3. The molecule has 6 N–H and O–H groups in total. The van der Waals surface area contributed by atoms with Crippen molar-refractivity contribution in [3.05, 3.63) is 12.7 Å². The molecule has 2 aromatic heterocycles. The van der Waals surface area contributed by atoms with Crippen LogP contribution in [0.1, 0.15) is 96.1 Å². The topological polar surface area (TPSA) is 229 Å². The lowest BCUT2D eigenvalue weighted by molar-refractivity contribution is -0.137. The average molecular weight is 787 g/mol. The summed E-state index contributed by atoms with van der Waals surface area (Å²) in [6, 6.07) is 0.428. The first kappa shape index (κ1) is 42.4. The lowest BCUT2D eigenvalue weighted by atomic mass is 10.0. The van der Waals surface area contributed by atoms with Crippen LogP contribution in [0.3, 0.4) is 0 Å². The molecule has 3 amide bonds. The maximum atomic E-state index is 12.2. The molecule has 3 aliphatic heterocycles.